The Balaban J connectivity index is 2.88. The summed E-state index contributed by atoms with van der Waals surface area (Å²) in [4.78, 5) is 23.3. The van der Waals surface area contributed by atoms with Crippen LogP contribution in [0.25, 0.3) is 0 Å². The third-order valence-electron chi connectivity index (χ3n) is 3.33. The van der Waals surface area contributed by atoms with Gasteiger partial charge in [-0.05, 0) is 19.8 Å². The summed E-state index contributed by atoms with van der Waals surface area (Å²) in [6.45, 7) is 7.50. The van der Waals surface area contributed by atoms with Crippen LogP contribution in [-0.4, -0.2) is 11.6 Å². The minimum atomic E-state index is -0.395. The van der Waals surface area contributed by atoms with E-state index in [1.165, 1.54) is 0 Å². The van der Waals surface area contributed by atoms with Crippen molar-refractivity contribution in [2.75, 3.05) is 0 Å². The van der Waals surface area contributed by atoms with Crippen LogP contribution in [0.3, 0.4) is 0 Å². The van der Waals surface area contributed by atoms with E-state index in [-0.39, 0.29) is 17.0 Å². The second-order valence-electron chi connectivity index (χ2n) is 5.51. The average molecular weight is 196 g/mol. The van der Waals surface area contributed by atoms with Gasteiger partial charge in [0.2, 0.25) is 0 Å². The summed E-state index contributed by atoms with van der Waals surface area (Å²) in [5, 5.41) is 0. The Hall–Kier alpha value is -0.660. The molecule has 0 radical (unpaired) electrons. The smallest absolute Gasteiger partial charge is 0.144 e. The van der Waals surface area contributed by atoms with Gasteiger partial charge in [0.1, 0.15) is 11.6 Å². The van der Waals surface area contributed by atoms with Crippen LogP contribution in [0.5, 0.6) is 0 Å². The molecule has 0 aromatic rings. The lowest BCUT2D eigenvalue weighted by Gasteiger charge is -2.40. The molecule has 0 aliphatic heterocycles. The maximum atomic E-state index is 12.2. The van der Waals surface area contributed by atoms with Crippen LogP contribution < -0.4 is 0 Å². The normalized spacial score (nSPS) is 31.6. The lowest BCUT2D eigenvalue weighted by molar-refractivity contribution is -0.143. The Morgan fingerprint density at radius 1 is 1.29 bits per heavy atom. The molecule has 1 rings (SSSR count). The molecule has 1 aliphatic carbocycles. The summed E-state index contributed by atoms with van der Waals surface area (Å²) in [6.07, 6.45) is 3.30. The average Bonchev–Trinajstić information content (AvgIpc) is 1.98. The van der Waals surface area contributed by atoms with E-state index in [1.807, 2.05) is 20.8 Å². The molecule has 0 spiro atoms. The fourth-order valence-corrected chi connectivity index (χ4v) is 2.68. The van der Waals surface area contributed by atoms with E-state index in [2.05, 4.69) is 0 Å². The zero-order valence-corrected chi connectivity index (χ0v) is 9.64. The van der Waals surface area contributed by atoms with Gasteiger partial charge in [-0.25, -0.2) is 0 Å². The molecule has 0 heterocycles. The monoisotopic (exact) mass is 196 g/mol. The molecule has 1 aliphatic rings. The number of carbonyl (C=O) groups is 2. The highest BCUT2D eigenvalue weighted by Crippen LogP contribution is 2.44. The second-order valence-corrected chi connectivity index (χ2v) is 5.51. The van der Waals surface area contributed by atoms with Crippen LogP contribution in [0.15, 0.2) is 0 Å². The fraction of sp³-hybridized carbons (Fsp3) is 0.833. The van der Waals surface area contributed by atoms with Gasteiger partial charge in [0.25, 0.3) is 0 Å². The van der Waals surface area contributed by atoms with E-state index >= 15 is 0 Å². The van der Waals surface area contributed by atoms with Gasteiger partial charge in [-0.15, -0.1) is 0 Å². The van der Waals surface area contributed by atoms with E-state index in [9.17, 15) is 9.59 Å². The van der Waals surface area contributed by atoms with E-state index in [0.717, 1.165) is 19.3 Å². The molecule has 80 valence electrons. The van der Waals surface area contributed by atoms with Crippen molar-refractivity contribution in [1.29, 1.82) is 0 Å². The first-order chi connectivity index (χ1) is 6.28. The van der Waals surface area contributed by atoms with Gasteiger partial charge in [-0.1, -0.05) is 27.2 Å². The summed E-state index contributed by atoms with van der Waals surface area (Å²) in [5.74, 6) is 0.394. The van der Waals surface area contributed by atoms with Crippen molar-refractivity contribution >= 4 is 11.6 Å². The number of carbonyl (C=O) groups excluding carboxylic acids is 2. The summed E-state index contributed by atoms with van der Waals surface area (Å²) >= 11 is 0. The highest BCUT2D eigenvalue weighted by Gasteiger charge is 2.45. The lowest BCUT2D eigenvalue weighted by atomic mass is 9.62. The van der Waals surface area contributed by atoms with Crippen LogP contribution >= 0.6 is 0 Å². The van der Waals surface area contributed by atoms with Crippen molar-refractivity contribution in [2.45, 2.75) is 53.4 Å². The summed E-state index contributed by atoms with van der Waals surface area (Å²) < 4.78 is 0. The van der Waals surface area contributed by atoms with Crippen LogP contribution in [0.4, 0.5) is 0 Å². The number of ketones is 2. The van der Waals surface area contributed by atoms with Crippen LogP contribution in [0, 0.1) is 10.8 Å². The van der Waals surface area contributed by atoms with Crippen LogP contribution in [0.2, 0.25) is 0 Å². The van der Waals surface area contributed by atoms with E-state index < -0.39 is 5.41 Å². The molecule has 0 unspecified atom stereocenters. The van der Waals surface area contributed by atoms with Gasteiger partial charge in [0.05, 0.1) is 0 Å². The Morgan fingerprint density at radius 2 is 1.86 bits per heavy atom. The van der Waals surface area contributed by atoms with E-state index in [0.29, 0.717) is 6.42 Å². The molecular formula is C12H20O2. The van der Waals surface area contributed by atoms with Gasteiger partial charge >= 0.3 is 0 Å². The number of Topliss-reactive ketones (excluding diaryl/α,β-unsaturated/α-hetero) is 2. The predicted octanol–water partition coefficient (Wildman–Crippen LogP) is 2.75. The standard InChI is InChI=1S/C12H20O2/c1-9(13)8-12(4)7-5-6-11(2,3)10(12)14/h5-8H2,1-4H3/t12-/m1/s1. The molecule has 0 aromatic carbocycles. The minimum Gasteiger partial charge on any atom is -0.300 e. The Kier molecular flexibility index (Phi) is 2.84. The summed E-state index contributed by atoms with van der Waals surface area (Å²) in [7, 11) is 0. The molecule has 0 aromatic heterocycles. The lowest BCUT2D eigenvalue weighted by Crippen LogP contribution is -2.43. The zero-order valence-electron chi connectivity index (χ0n) is 9.64. The van der Waals surface area contributed by atoms with Crippen molar-refractivity contribution in [1.82, 2.24) is 0 Å². The maximum absolute atomic E-state index is 12.2. The van der Waals surface area contributed by atoms with Crippen molar-refractivity contribution in [3.05, 3.63) is 0 Å². The van der Waals surface area contributed by atoms with Gasteiger partial charge < -0.3 is 0 Å². The Bertz CT molecular complexity index is 265. The van der Waals surface area contributed by atoms with Gasteiger partial charge in [-0.3, -0.25) is 9.59 Å². The number of hydrogen-bond acceptors (Lipinski definition) is 2. The van der Waals surface area contributed by atoms with E-state index in [4.69, 9.17) is 0 Å². The quantitative estimate of drug-likeness (QED) is 0.680. The van der Waals surface area contributed by atoms with Crippen molar-refractivity contribution in [2.24, 2.45) is 10.8 Å². The fourth-order valence-electron chi connectivity index (χ4n) is 2.68. The maximum Gasteiger partial charge on any atom is 0.144 e. The Labute approximate surface area is 86.1 Å². The largest absolute Gasteiger partial charge is 0.300 e. The molecular weight excluding hydrogens is 176 g/mol. The van der Waals surface area contributed by atoms with E-state index in [1.54, 1.807) is 6.92 Å². The van der Waals surface area contributed by atoms with Crippen LogP contribution in [-0.2, 0) is 9.59 Å². The van der Waals surface area contributed by atoms with Crippen molar-refractivity contribution in [3.8, 4) is 0 Å². The minimum absolute atomic E-state index is 0.124. The van der Waals surface area contributed by atoms with Crippen molar-refractivity contribution < 1.29 is 9.59 Å². The third kappa shape index (κ3) is 2.05. The first-order valence-corrected chi connectivity index (χ1v) is 5.32. The highest BCUT2D eigenvalue weighted by molar-refractivity contribution is 5.93. The third-order valence-corrected chi connectivity index (χ3v) is 3.33. The molecule has 0 saturated heterocycles. The molecule has 0 N–H and O–H groups in total. The van der Waals surface area contributed by atoms with Crippen LogP contribution in [0.1, 0.15) is 53.4 Å². The second kappa shape index (κ2) is 3.48. The molecule has 14 heavy (non-hydrogen) atoms. The molecule has 2 nitrogen and oxygen atoms in total. The molecule has 1 fully saturated rings. The van der Waals surface area contributed by atoms with Gasteiger partial charge in [-0.2, -0.15) is 0 Å². The highest BCUT2D eigenvalue weighted by atomic mass is 16.1. The Morgan fingerprint density at radius 3 is 2.36 bits per heavy atom. The summed E-state index contributed by atoms with van der Waals surface area (Å²) in [5.41, 5.74) is -0.629. The number of rotatable bonds is 2. The molecule has 0 bridgehead atoms. The predicted molar refractivity (Wildman–Crippen MR) is 56.0 cm³/mol. The molecule has 1 saturated carbocycles. The topological polar surface area (TPSA) is 34.1 Å². The van der Waals surface area contributed by atoms with Crippen molar-refractivity contribution in [3.63, 3.8) is 0 Å². The first kappa shape index (κ1) is 11.4. The molecule has 0 amide bonds. The molecule has 2 heteroatoms. The SMILES string of the molecule is CC(=O)C[C@@]1(C)CCCC(C)(C)C1=O. The first-order valence-electron chi connectivity index (χ1n) is 5.32. The van der Waals surface area contributed by atoms with Gasteiger partial charge in [0, 0.05) is 17.3 Å². The summed E-state index contributed by atoms with van der Waals surface area (Å²) in [6, 6.07) is 0. The zero-order chi connectivity index (χ0) is 11.0. The van der Waals surface area contributed by atoms with Gasteiger partial charge in [0.15, 0.2) is 0 Å². The number of hydrogen-bond donors (Lipinski definition) is 0. The molecule has 1 atom stereocenters.